The zero-order chi connectivity index (χ0) is 17.6. The number of hydrogen-bond donors (Lipinski definition) is 1. The zero-order valence-corrected chi connectivity index (χ0v) is 14.1. The van der Waals surface area contributed by atoms with E-state index in [1.54, 1.807) is 24.3 Å². The highest BCUT2D eigenvalue weighted by atomic mass is 35.5. The second-order valence-electron chi connectivity index (χ2n) is 5.29. The van der Waals surface area contributed by atoms with Gasteiger partial charge in [0.15, 0.2) is 0 Å². The van der Waals surface area contributed by atoms with Gasteiger partial charge in [0.25, 0.3) is 5.56 Å². The van der Waals surface area contributed by atoms with Gasteiger partial charge >= 0.3 is 0 Å². The summed E-state index contributed by atoms with van der Waals surface area (Å²) in [5.74, 6) is -0.367. The smallest absolute Gasteiger partial charge is 0.258 e. The number of nitrogens with one attached hydrogen (secondary N) is 1. The second-order valence-corrected chi connectivity index (χ2v) is 5.69. The van der Waals surface area contributed by atoms with Crippen LogP contribution in [0.15, 0.2) is 47.5 Å². The van der Waals surface area contributed by atoms with Crippen molar-refractivity contribution < 1.29 is 13.9 Å². The molecule has 0 spiro atoms. The van der Waals surface area contributed by atoms with Crippen LogP contribution in [-0.4, -0.2) is 36.4 Å². The molecule has 4 rings (SSSR count). The van der Waals surface area contributed by atoms with E-state index in [2.05, 4.69) is 9.97 Å². The van der Waals surface area contributed by atoms with Gasteiger partial charge in [0, 0.05) is 16.1 Å². The maximum absolute atomic E-state index is 13.8. The molecule has 0 amide bonds. The quantitative estimate of drug-likeness (QED) is 0.720. The van der Waals surface area contributed by atoms with E-state index >= 15 is 0 Å². The third kappa shape index (κ3) is 4.22. The van der Waals surface area contributed by atoms with Gasteiger partial charge in [-0.3, -0.25) is 4.79 Å². The lowest BCUT2D eigenvalue weighted by Gasteiger charge is -2.09. The third-order valence-corrected chi connectivity index (χ3v) is 3.95. The molecular formula is C18H16ClFN2O3. The Bertz CT molecular complexity index is 914. The third-order valence-electron chi connectivity index (χ3n) is 3.64. The number of aromatic nitrogens is 2. The van der Waals surface area contributed by atoms with Gasteiger partial charge in [0.05, 0.1) is 43.7 Å². The highest BCUT2D eigenvalue weighted by molar-refractivity contribution is 6.34. The Labute approximate surface area is 148 Å². The standard InChI is InChI=1S/C14H8ClFN2O.C4H8O2/c15-11-5-10-13(17-7-18-14(10)19)6-9(11)8-3-1-2-4-12(8)16;1-2-6-4-3-5-1/h1-7H,(H,17,18,19);1-4H2. The Kier molecular flexibility index (Phi) is 5.75. The topological polar surface area (TPSA) is 64.2 Å². The molecule has 1 saturated heterocycles. The Hall–Kier alpha value is -2.28. The van der Waals surface area contributed by atoms with E-state index in [4.69, 9.17) is 21.1 Å². The summed E-state index contributed by atoms with van der Waals surface area (Å²) in [4.78, 5) is 18.2. The van der Waals surface area contributed by atoms with Crippen LogP contribution in [0.25, 0.3) is 22.0 Å². The minimum absolute atomic E-state index is 0.271. The largest absolute Gasteiger partial charge is 0.377 e. The summed E-state index contributed by atoms with van der Waals surface area (Å²) >= 11 is 6.13. The van der Waals surface area contributed by atoms with Crippen molar-refractivity contribution in [1.29, 1.82) is 0 Å². The van der Waals surface area contributed by atoms with Crippen LogP contribution < -0.4 is 5.56 Å². The number of halogens is 2. The van der Waals surface area contributed by atoms with E-state index in [9.17, 15) is 9.18 Å². The lowest BCUT2D eigenvalue weighted by Crippen LogP contribution is -2.16. The monoisotopic (exact) mass is 362 g/mol. The number of nitrogens with zero attached hydrogens (tertiary/aromatic N) is 1. The van der Waals surface area contributed by atoms with Crippen LogP contribution in [0.5, 0.6) is 0 Å². The van der Waals surface area contributed by atoms with E-state index in [0.717, 1.165) is 26.4 Å². The molecule has 130 valence electrons. The molecule has 7 heteroatoms. The van der Waals surface area contributed by atoms with Crippen molar-refractivity contribution in [2.75, 3.05) is 26.4 Å². The summed E-state index contributed by atoms with van der Waals surface area (Å²) in [6.45, 7) is 3.11. The average Bonchev–Trinajstić information content (AvgIpc) is 2.65. The molecule has 0 aliphatic carbocycles. The first-order valence-corrected chi connectivity index (χ1v) is 8.12. The summed E-state index contributed by atoms with van der Waals surface area (Å²) in [5, 5.41) is 0.698. The molecule has 1 aliphatic heterocycles. The number of hydrogen-bond acceptors (Lipinski definition) is 4. The molecule has 3 aromatic rings. The lowest BCUT2D eigenvalue weighted by atomic mass is 10.0. The fourth-order valence-corrected chi connectivity index (χ4v) is 2.68. The summed E-state index contributed by atoms with van der Waals surface area (Å²) in [6, 6.07) is 9.45. The normalized spacial score (nSPS) is 14.0. The van der Waals surface area contributed by atoms with Crippen LogP contribution in [0.1, 0.15) is 0 Å². The van der Waals surface area contributed by atoms with Gasteiger partial charge in [-0.25, -0.2) is 9.37 Å². The summed E-state index contributed by atoms with van der Waals surface area (Å²) in [6.07, 6.45) is 1.31. The molecule has 0 unspecified atom stereocenters. The molecular weight excluding hydrogens is 347 g/mol. The molecule has 2 heterocycles. The Balaban J connectivity index is 0.000000258. The summed E-state index contributed by atoms with van der Waals surface area (Å²) < 4.78 is 23.7. The van der Waals surface area contributed by atoms with Crippen LogP contribution in [0.4, 0.5) is 4.39 Å². The van der Waals surface area contributed by atoms with Gasteiger partial charge in [-0.2, -0.15) is 0 Å². The van der Waals surface area contributed by atoms with Crippen molar-refractivity contribution in [2.24, 2.45) is 0 Å². The fraction of sp³-hybridized carbons (Fsp3) is 0.222. The first kappa shape index (κ1) is 17.5. The van der Waals surface area contributed by atoms with E-state index in [1.807, 2.05) is 0 Å². The molecule has 25 heavy (non-hydrogen) atoms. The number of H-pyrrole nitrogens is 1. The fourth-order valence-electron chi connectivity index (χ4n) is 2.41. The van der Waals surface area contributed by atoms with Crippen molar-refractivity contribution >= 4 is 22.5 Å². The molecule has 2 aromatic carbocycles. The number of aromatic amines is 1. The van der Waals surface area contributed by atoms with Gasteiger partial charge in [-0.05, 0) is 18.2 Å². The Morgan fingerprint density at radius 1 is 1.04 bits per heavy atom. The van der Waals surface area contributed by atoms with Crippen LogP contribution in [-0.2, 0) is 9.47 Å². The molecule has 1 aromatic heterocycles. The predicted octanol–water partition coefficient (Wildman–Crippen LogP) is 3.42. The maximum atomic E-state index is 13.8. The number of fused-ring (bicyclic) bond motifs is 1. The molecule has 0 saturated carbocycles. The van der Waals surface area contributed by atoms with Gasteiger partial charge in [-0.1, -0.05) is 29.8 Å². The van der Waals surface area contributed by atoms with E-state index in [0.29, 0.717) is 27.1 Å². The van der Waals surface area contributed by atoms with E-state index < -0.39 is 0 Å². The number of rotatable bonds is 1. The van der Waals surface area contributed by atoms with Crippen LogP contribution in [0.3, 0.4) is 0 Å². The van der Waals surface area contributed by atoms with Gasteiger partial charge in [-0.15, -0.1) is 0 Å². The Morgan fingerprint density at radius 3 is 2.36 bits per heavy atom. The van der Waals surface area contributed by atoms with Crippen molar-refractivity contribution in [1.82, 2.24) is 9.97 Å². The van der Waals surface area contributed by atoms with E-state index in [1.165, 1.54) is 18.5 Å². The van der Waals surface area contributed by atoms with Crippen LogP contribution in [0.2, 0.25) is 5.02 Å². The first-order valence-electron chi connectivity index (χ1n) is 7.74. The number of benzene rings is 2. The minimum Gasteiger partial charge on any atom is -0.377 e. The highest BCUT2D eigenvalue weighted by Gasteiger charge is 2.11. The first-order chi connectivity index (χ1) is 12.2. The molecule has 0 radical (unpaired) electrons. The summed E-state index contributed by atoms with van der Waals surface area (Å²) in [7, 11) is 0. The van der Waals surface area contributed by atoms with Crippen LogP contribution >= 0.6 is 11.6 Å². The van der Waals surface area contributed by atoms with Crippen molar-refractivity contribution in [3.8, 4) is 11.1 Å². The lowest BCUT2D eigenvalue weighted by molar-refractivity contribution is -0.0334. The molecule has 0 bridgehead atoms. The minimum atomic E-state index is -0.367. The molecule has 1 fully saturated rings. The van der Waals surface area contributed by atoms with Gasteiger partial charge in [0.2, 0.25) is 0 Å². The molecule has 5 nitrogen and oxygen atoms in total. The molecule has 1 aliphatic rings. The highest BCUT2D eigenvalue weighted by Crippen LogP contribution is 2.31. The van der Waals surface area contributed by atoms with E-state index in [-0.39, 0.29) is 11.4 Å². The maximum Gasteiger partial charge on any atom is 0.258 e. The second kappa shape index (κ2) is 8.20. The predicted molar refractivity (Wildman–Crippen MR) is 94.4 cm³/mol. The SMILES string of the molecule is C1COCCO1.O=c1[nH]cnc2cc(-c3ccccc3F)c(Cl)cc12. The Morgan fingerprint density at radius 2 is 1.72 bits per heavy atom. The van der Waals surface area contributed by atoms with Crippen molar-refractivity contribution in [3.05, 3.63) is 63.9 Å². The summed E-state index contributed by atoms with van der Waals surface area (Å²) in [5.41, 5.74) is 1.11. The number of ether oxygens (including phenoxy) is 2. The van der Waals surface area contributed by atoms with Gasteiger partial charge in [0.1, 0.15) is 5.82 Å². The molecule has 0 atom stereocenters. The van der Waals surface area contributed by atoms with Crippen LogP contribution in [0, 0.1) is 5.82 Å². The zero-order valence-electron chi connectivity index (χ0n) is 13.3. The average molecular weight is 363 g/mol. The van der Waals surface area contributed by atoms with Gasteiger partial charge < -0.3 is 14.5 Å². The molecule has 1 N–H and O–H groups in total. The van der Waals surface area contributed by atoms with Crippen molar-refractivity contribution in [3.63, 3.8) is 0 Å². The van der Waals surface area contributed by atoms with Crippen molar-refractivity contribution in [2.45, 2.75) is 0 Å².